The van der Waals surface area contributed by atoms with Crippen LogP contribution in [0.4, 0.5) is 0 Å². The second-order valence-electron chi connectivity index (χ2n) is 9.66. The van der Waals surface area contributed by atoms with Gasteiger partial charge in [-0.05, 0) is 69.0 Å². The van der Waals surface area contributed by atoms with Gasteiger partial charge in [-0.2, -0.15) is 5.26 Å². The van der Waals surface area contributed by atoms with Gasteiger partial charge in [0.2, 0.25) is 0 Å². The largest absolute Gasteiger partial charge is 0.489 e. The number of hydrogen-bond donors (Lipinski definition) is 2. The molecule has 2 aliphatic rings. The molecule has 0 radical (unpaired) electrons. The van der Waals surface area contributed by atoms with Crippen LogP contribution in [0.1, 0.15) is 36.8 Å². The molecule has 6 nitrogen and oxygen atoms in total. The molecule has 2 N–H and O–H groups in total. The molecule has 1 aliphatic heterocycles. The summed E-state index contributed by atoms with van der Waals surface area (Å²) in [5, 5.41) is 22.2. The number of carboxylic acid groups (broad SMARTS) is 1. The van der Waals surface area contributed by atoms with Crippen molar-refractivity contribution in [1.29, 1.82) is 5.26 Å². The average molecular weight is 448 g/mol. The Bertz CT molecular complexity index is 1000. The van der Waals surface area contributed by atoms with Crippen molar-refractivity contribution in [2.45, 2.75) is 49.8 Å². The van der Waals surface area contributed by atoms with Crippen molar-refractivity contribution in [2.75, 3.05) is 20.6 Å². The first-order valence-corrected chi connectivity index (χ1v) is 11.8. The summed E-state index contributed by atoms with van der Waals surface area (Å²) in [6.45, 7) is 0.534. The third-order valence-electron chi connectivity index (χ3n) is 7.48. The number of ether oxygens (including phenoxy) is 1. The number of aliphatic carboxylic acids is 1. The summed E-state index contributed by atoms with van der Waals surface area (Å²) in [6, 6.07) is 20.7. The zero-order valence-electron chi connectivity index (χ0n) is 19.4. The number of hydrogen-bond acceptors (Lipinski definition) is 5. The van der Waals surface area contributed by atoms with E-state index in [2.05, 4.69) is 60.7 Å². The van der Waals surface area contributed by atoms with Gasteiger partial charge in [0.25, 0.3) is 0 Å². The first-order valence-electron chi connectivity index (χ1n) is 11.8. The van der Waals surface area contributed by atoms with Gasteiger partial charge in [0.15, 0.2) is 0 Å². The van der Waals surface area contributed by atoms with Gasteiger partial charge in [0.05, 0.1) is 12.0 Å². The van der Waals surface area contributed by atoms with Crippen LogP contribution in [-0.4, -0.2) is 48.8 Å². The maximum Gasteiger partial charge on any atom is 0.320 e. The van der Waals surface area contributed by atoms with Crippen molar-refractivity contribution < 1.29 is 14.6 Å². The zero-order chi connectivity index (χ0) is 23.4. The summed E-state index contributed by atoms with van der Waals surface area (Å²) in [5.41, 5.74) is 2.34. The van der Waals surface area contributed by atoms with Crippen molar-refractivity contribution in [1.82, 2.24) is 10.2 Å². The molecular formula is C27H33N3O3. The summed E-state index contributed by atoms with van der Waals surface area (Å²) in [4.78, 5) is 13.5. The minimum atomic E-state index is -0.834. The third kappa shape index (κ3) is 5.05. The van der Waals surface area contributed by atoms with Crippen molar-refractivity contribution in [2.24, 2.45) is 11.8 Å². The van der Waals surface area contributed by atoms with E-state index in [9.17, 15) is 10.1 Å². The van der Waals surface area contributed by atoms with Gasteiger partial charge in [-0.1, -0.05) is 42.5 Å². The Morgan fingerprint density at radius 3 is 2.70 bits per heavy atom. The highest BCUT2D eigenvalue weighted by molar-refractivity contribution is 5.73. The van der Waals surface area contributed by atoms with Crippen LogP contribution in [0, 0.1) is 23.2 Å². The Labute approximate surface area is 196 Å². The molecular weight excluding hydrogens is 414 g/mol. The predicted octanol–water partition coefficient (Wildman–Crippen LogP) is 3.82. The molecule has 2 aromatic carbocycles. The number of carboxylic acids is 1. The van der Waals surface area contributed by atoms with Gasteiger partial charge in [0, 0.05) is 18.5 Å². The normalized spacial score (nSPS) is 29.5. The summed E-state index contributed by atoms with van der Waals surface area (Å²) < 4.78 is 6.06. The number of carbonyl (C=O) groups is 1. The minimum Gasteiger partial charge on any atom is -0.489 e. The molecule has 33 heavy (non-hydrogen) atoms. The van der Waals surface area contributed by atoms with E-state index >= 15 is 0 Å². The fourth-order valence-corrected chi connectivity index (χ4v) is 5.55. The molecule has 1 saturated carbocycles. The quantitative estimate of drug-likeness (QED) is 0.671. The average Bonchev–Trinajstić information content (AvgIpc) is 3.29. The number of nitriles is 1. The van der Waals surface area contributed by atoms with E-state index in [0.717, 1.165) is 37.0 Å². The lowest BCUT2D eigenvalue weighted by Gasteiger charge is -2.47. The Hall–Kier alpha value is -2.88. The van der Waals surface area contributed by atoms with Crippen LogP contribution in [0.2, 0.25) is 0 Å². The molecule has 2 fully saturated rings. The molecule has 0 amide bonds. The third-order valence-corrected chi connectivity index (χ3v) is 7.48. The molecule has 1 aliphatic carbocycles. The molecule has 2 aromatic rings. The lowest BCUT2D eigenvalue weighted by atomic mass is 9.65. The molecule has 0 bridgehead atoms. The topological polar surface area (TPSA) is 85.6 Å². The Kier molecular flexibility index (Phi) is 7.02. The fraction of sp³-hybridized carbons (Fsp3) is 0.481. The van der Waals surface area contributed by atoms with Gasteiger partial charge in [0.1, 0.15) is 17.9 Å². The van der Waals surface area contributed by atoms with Crippen molar-refractivity contribution in [3.05, 3.63) is 65.7 Å². The van der Waals surface area contributed by atoms with Crippen LogP contribution < -0.4 is 10.1 Å². The summed E-state index contributed by atoms with van der Waals surface area (Å²) in [6.07, 6.45) is 4.00. The first-order chi connectivity index (χ1) is 15.9. The molecule has 4 rings (SSSR count). The predicted molar refractivity (Wildman–Crippen MR) is 127 cm³/mol. The van der Waals surface area contributed by atoms with Crippen molar-refractivity contribution >= 4 is 5.97 Å². The molecule has 1 heterocycles. The second-order valence-corrected chi connectivity index (χ2v) is 9.66. The van der Waals surface area contributed by atoms with E-state index in [4.69, 9.17) is 9.84 Å². The Balaban J connectivity index is 1.44. The van der Waals surface area contributed by atoms with E-state index in [-0.39, 0.29) is 17.6 Å². The highest BCUT2D eigenvalue weighted by atomic mass is 16.5. The maximum atomic E-state index is 11.2. The second kappa shape index (κ2) is 9.94. The van der Waals surface area contributed by atoms with Crippen LogP contribution in [0.25, 0.3) is 0 Å². The molecule has 0 aromatic heterocycles. The van der Waals surface area contributed by atoms with Crippen LogP contribution in [0.3, 0.4) is 0 Å². The molecule has 174 valence electrons. The van der Waals surface area contributed by atoms with E-state index in [1.807, 2.05) is 24.3 Å². The summed E-state index contributed by atoms with van der Waals surface area (Å²) >= 11 is 0. The van der Waals surface area contributed by atoms with Gasteiger partial charge in [-0.25, -0.2) is 0 Å². The van der Waals surface area contributed by atoms with E-state index in [0.29, 0.717) is 18.9 Å². The molecule has 0 spiro atoms. The van der Waals surface area contributed by atoms with Crippen LogP contribution in [0.5, 0.6) is 5.75 Å². The molecule has 6 heteroatoms. The molecule has 1 saturated heterocycles. The van der Waals surface area contributed by atoms with Gasteiger partial charge >= 0.3 is 5.97 Å². The monoisotopic (exact) mass is 447 g/mol. The van der Waals surface area contributed by atoms with Crippen LogP contribution >= 0.6 is 0 Å². The van der Waals surface area contributed by atoms with Crippen molar-refractivity contribution in [3.8, 4) is 11.8 Å². The Morgan fingerprint density at radius 1 is 1.24 bits per heavy atom. The Morgan fingerprint density at radius 2 is 2.03 bits per heavy atom. The standard InChI is InChI=1S/C27H33N3O3/c1-30(2)27(22-8-4-3-5-9-22)12-11-20(21(16-27)17-28)13-19-7-6-10-23(14-19)33-24-15-25(26(31)32)29-18-24/h3-10,14,20-21,24-25,29H,11-13,15-16,18H2,1-2H3,(H,31,32)/t20-,21+,24-,25?,27-/m0/s1. The van der Waals surface area contributed by atoms with E-state index in [1.165, 1.54) is 5.56 Å². The lowest BCUT2D eigenvalue weighted by molar-refractivity contribution is -0.139. The van der Waals surface area contributed by atoms with E-state index < -0.39 is 12.0 Å². The highest BCUT2D eigenvalue weighted by Crippen LogP contribution is 2.46. The zero-order valence-corrected chi connectivity index (χ0v) is 19.4. The number of rotatable bonds is 7. The summed E-state index contributed by atoms with van der Waals surface area (Å²) in [5.74, 6) is 0.202. The van der Waals surface area contributed by atoms with Gasteiger partial charge in [-0.3, -0.25) is 9.69 Å². The number of benzene rings is 2. The van der Waals surface area contributed by atoms with Crippen LogP contribution in [0.15, 0.2) is 54.6 Å². The SMILES string of the molecule is CN(C)[C@@]1(c2ccccc2)CC[C@@H](Cc2cccc(O[C@@H]3CNC(C(=O)O)C3)c2)[C@@H](C#N)C1. The minimum absolute atomic E-state index is 0.0266. The van der Waals surface area contributed by atoms with E-state index in [1.54, 1.807) is 0 Å². The van der Waals surface area contributed by atoms with Gasteiger partial charge in [-0.15, -0.1) is 0 Å². The van der Waals surface area contributed by atoms with Gasteiger partial charge < -0.3 is 15.2 Å². The first kappa shape index (κ1) is 23.3. The highest BCUT2D eigenvalue weighted by Gasteiger charge is 2.43. The summed E-state index contributed by atoms with van der Waals surface area (Å²) in [7, 11) is 4.24. The van der Waals surface area contributed by atoms with Crippen molar-refractivity contribution in [3.63, 3.8) is 0 Å². The molecule has 5 atom stereocenters. The smallest absolute Gasteiger partial charge is 0.320 e. The number of nitrogens with one attached hydrogen (secondary N) is 1. The number of nitrogens with zero attached hydrogens (tertiary/aromatic N) is 2. The fourth-order valence-electron chi connectivity index (χ4n) is 5.55. The molecule has 1 unspecified atom stereocenters. The van der Waals surface area contributed by atoms with Crippen LogP contribution in [-0.2, 0) is 16.8 Å². The lowest BCUT2D eigenvalue weighted by Crippen LogP contribution is -2.47. The maximum absolute atomic E-state index is 11.2.